The van der Waals surface area contributed by atoms with Gasteiger partial charge in [0.05, 0.1) is 18.0 Å². The Morgan fingerprint density at radius 2 is 1.83 bits per heavy atom. The molecule has 1 aromatic carbocycles. The number of anilines is 2. The summed E-state index contributed by atoms with van der Waals surface area (Å²) in [6, 6.07) is 13.5. The molecule has 4 aromatic rings. The van der Waals surface area contributed by atoms with E-state index in [9.17, 15) is 18.0 Å². The van der Waals surface area contributed by atoms with Crippen molar-refractivity contribution >= 4 is 23.1 Å². The number of nitrogens with one attached hydrogen (secondary N) is 2. The van der Waals surface area contributed by atoms with Crippen molar-refractivity contribution in [2.24, 2.45) is 0 Å². The average Bonchev–Trinajstić information content (AvgIpc) is 3.20. The van der Waals surface area contributed by atoms with E-state index in [0.717, 1.165) is 11.8 Å². The van der Waals surface area contributed by atoms with Crippen LogP contribution in [0.3, 0.4) is 0 Å². The molecule has 3 heterocycles. The van der Waals surface area contributed by atoms with Gasteiger partial charge in [0.25, 0.3) is 5.91 Å². The summed E-state index contributed by atoms with van der Waals surface area (Å²) in [5.74, 6) is 0.182. The Balaban J connectivity index is 1.45. The maximum Gasteiger partial charge on any atom is 0.434 e. The van der Waals surface area contributed by atoms with Crippen LogP contribution in [0.4, 0.5) is 24.7 Å². The van der Waals surface area contributed by atoms with Crippen LogP contribution in [-0.2, 0) is 12.7 Å². The van der Waals surface area contributed by atoms with Crippen LogP contribution < -0.4 is 10.6 Å². The Bertz CT molecular complexity index is 1170. The van der Waals surface area contributed by atoms with E-state index in [1.165, 1.54) is 22.9 Å². The third-order valence-electron chi connectivity index (χ3n) is 4.31. The number of fused-ring (bicyclic) bond motifs is 1. The lowest BCUT2D eigenvalue weighted by Crippen LogP contribution is -2.22. The van der Waals surface area contributed by atoms with Crippen molar-refractivity contribution in [1.82, 2.24) is 24.9 Å². The van der Waals surface area contributed by atoms with Crippen molar-refractivity contribution in [3.63, 3.8) is 0 Å². The molecular weight excluding hydrogens is 397 g/mol. The minimum absolute atomic E-state index is 0.192. The van der Waals surface area contributed by atoms with Crippen LogP contribution in [0.15, 0.2) is 67.1 Å². The number of alkyl halides is 3. The molecule has 0 saturated carbocycles. The van der Waals surface area contributed by atoms with Gasteiger partial charge in [-0.3, -0.25) is 9.20 Å². The zero-order chi connectivity index (χ0) is 21.1. The summed E-state index contributed by atoms with van der Waals surface area (Å²) < 4.78 is 40.1. The van der Waals surface area contributed by atoms with Gasteiger partial charge in [0.1, 0.15) is 11.5 Å². The van der Waals surface area contributed by atoms with Crippen LogP contribution >= 0.6 is 0 Å². The molecule has 0 bridgehead atoms. The topological polar surface area (TPSA) is 84.2 Å². The van der Waals surface area contributed by atoms with E-state index in [0.29, 0.717) is 23.6 Å². The lowest BCUT2D eigenvalue weighted by Gasteiger charge is -2.10. The highest BCUT2D eigenvalue weighted by atomic mass is 19.4. The summed E-state index contributed by atoms with van der Waals surface area (Å²) in [4.78, 5) is 15.7. The number of halogens is 3. The number of aromatic nitrogens is 4. The molecule has 10 heteroatoms. The number of amides is 1. The summed E-state index contributed by atoms with van der Waals surface area (Å²) >= 11 is 0. The number of hydrogen-bond acceptors (Lipinski definition) is 5. The number of carbonyl (C=O) groups is 1. The number of benzene rings is 1. The SMILES string of the molecule is O=C(NCc1ccc(Nc2cccc3nc(C(F)(F)F)cn23)cc1)c1ccnnc1. The van der Waals surface area contributed by atoms with Crippen molar-refractivity contribution in [2.45, 2.75) is 12.7 Å². The first-order chi connectivity index (χ1) is 14.4. The molecule has 152 valence electrons. The molecule has 0 saturated heterocycles. The standard InChI is InChI=1S/C20H15F3N6O/c21-20(22,23)16-12-29-17(2-1-3-18(29)28-16)27-15-6-4-13(5-7-15)10-24-19(30)14-8-9-25-26-11-14/h1-9,11-12,27H,10H2,(H,24,30). The Labute approximate surface area is 168 Å². The molecule has 7 nitrogen and oxygen atoms in total. The predicted octanol–water partition coefficient (Wildman–Crippen LogP) is 3.82. The first-order valence-electron chi connectivity index (χ1n) is 8.86. The first-order valence-corrected chi connectivity index (χ1v) is 8.86. The molecule has 0 aliphatic heterocycles. The zero-order valence-electron chi connectivity index (χ0n) is 15.4. The molecule has 0 radical (unpaired) electrons. The summed E-state index contributed by atoms with van der Waals surface area (Å²) in [6.07, 6.45) is -0.742. The van der Waals surface area contributed by atoms with Gasteiger partial charge in [-0.05, 0) is 35.9 Å². The number of nitrogens with zero attached hydrogens (tertiary/aromatic N) is 4. The summed E-state index contributed by atoms with van der Waals surface area (Å²) in [5.41, 5.74) is 1.19. The third-order valence-corrected chi connectivity index (χ3v) is 4.31. The van der Waals surface area contributed by atoms with Crippen LogP contribution in [-0.4, -0.2) is 25.5 Å². The van der Waals surface area contributed by atoms with Gasteiger partial charge in [0.15, 0.2) is 5.69 Å². The second-order valence-corrected chi connectivity index (χ2v) is 6.40. The van der Waals surface area contributed by atoms with Crippen molar-refractivity contribution in [2.75, 3.05) is 5.32 Å². The Morgan fingerprint density at radius 3 is 2.53 bits per heavy atom. The van der Waals surface area contributed by atoms with Crippen molar-refractivity contribution in [3.05, 3.63) is 83.9 Å². The fraction of sp³-hybridized carbons (Fsp3) is 0.100. The van der Waals surface area contributed by atoms with Gasteiger partial charge in [-0.1, -0.05) is 18.2 Å². The maximum absolute atomic E-state index is 12.9. The monoisotopic (exact) mass is 412 g/mol. The van der Waals surface area contributed by atoms with Crippen LogP contribution in [0.1, 0.15) is 21.6 Å². The van der Waals surface area contributed by atoms with Crippen LogP contribution in [0, 0.1) is 0 Å². The van der Waals surface area contributed by atoms with Crippen molar-refractivity contribution in [3.8, 4) is 0 Å². The van der Waals surface area contributed by atoms with Crippen molar-refractivity contribution < 1.29 is 18.0 Å². The molecule has 0 unspecified atom stereocenters. The van der Waals surface area contributed by atoms with E-state index in [-0.39, 0.29) is 11.6 Å². The number of pyridine rings is 1. The molecule has 4 rings (SSSR count). The number of hydrogen-bond donors (Lipinski definition) is 2. The molecule has 0 spiro atoms. The third kappa shape index (κ3) is 4.22. The van der Waals surface area contributed by atoms with E-state index >= 15 is 0 Å². The normalized spacial score (nSPS) is 11.4. The fourth-order valence-corrected chi connectivity index (χ4v) is 2.81. The van der Waals surface area contributed by atoms with E-state index in [1.807, 2.05) is 12.1 Å². The molecule has 1 amide bonds. The zero-order valence-corrected chi connectivity index (χ0v) is 15.4. The highest BCUT2D eigenvalue weighted by Crippen LogP contribution is 2.30. The molecular formula is C20H15F3N6O. The second kappa shape index (κ2) is 7.82. The highest BCUT2D eigenvalue weighted by Gasteiger charge is 2.34. The van der Waals surface area contributed by atoms with E-state index in [4.69, 9.17) is 0 Å². The molecule has 0 aliphatic rings. The molecule has 2 N–H and O–H groups in total. The highest BCUT2D eigenvalue weighted by molar-refractivity contribution is 5.93. The molecule has 0 atom stereocenters. The van der Waals surface area contributed by atoms with E-state index in [1.54, 1.807) is 30.3 Å². The van der Waals surface area contributed by atoms with Gasteiger partial charge in [-0.2, -0.15) is 23.4 Å². The number of carbonyl (C=O) groups excluding carboxylic acids is 1. The fourth-order valence-electron chi connectivity index (χ4n) is 2.81. The Hall–Kier alpha value is -3.95. The molecule has 30 heavy (non-hydrogen) atoms. The van der Waals surface area contributed by atoms with Crippen molar-refractivity contribution in [1.29, 1.82) is 0 Å². The lowest BCUT2D eigenvalue weighted by molar-refractivity contribution is -0.140. The minimum Gasteiger partial charge on any atom is -0.348 e. The number of imidazole rings is 1. The Kier molecular flexibility index (Phi) is 5.05. The Morgan fingerprint density at radius 1 is 1.03 bits per heavy atom. The van der Waals surface area contributed by atoms with Crippen LogP contribution in [0.2, 0.25) is 0 Å². The second-order valence-electron chi connectivity index (χ2n) is 6.40. The van der Waals surface area contributed by atoms with Gasteiger partial charge in [0.2, 0.25) is 0 Å². The van der Waals surface area contributed by atoms with E-state index in [2.05, 4.69) is 25.8 Å². The lowest BCUT2D eigenvalue weighted by atomic mass is 10.2. The largest absolute Gasteiger partial charge is 0.434 e. The van der Waals surface area contributed by atoms with Gasteiger partial charge >= 0.3 is 6.18 Å². The first kappa shape index (κ1) is 19.4. The van der Waals surface area contributed by atoms with Crippen LogP contribution in [0.25, 0.3) is 5.65 Å². The molecule has 0 aliphatic carbocycles. The van der Waals surface area contributed by atoms with Gasteiger partial charge in [-0.25, -0.2) is 4.98 Å². The summed E-state index contributed by atoms with van der Waals surface area (Å²) in [6.45, 7) is 0.313. The quantitative estimate of drug-likeness (QED) is 0.521. The van der Waals surface area contributed by atoms with Gasteiger partial charge < -0.3 is 10.6 Å². The molecule has 3 aromatic heterocycles. The summed E-state index contributed by atoms with van der Waals surface area (Å²) in [7, 11) is 0. The van der Waals surface area contributed by atoms with Gasteiger partial charge in [-0.15, -0.1) is 0 Å². The number of rotatable bonds is 5. The van der Waals surface area contributed by atoms with E-state index < -0.39 is 11.9 Å². The predicted molar refractivity (Wildman–Crippen MR) is 103 cm³/mol. The van der Waals surface area contributed by atoms with Crippen LogP contribution in [0.5, 0.6) is 0 Å². The summed E-state index contributed by atoms with van der Waals surface area (Å²) in [5, 5.41) is 13.1. The smallest absolute Gasteiger partial charge is 0.348 e. The van der Waals surface area contributed by atoms with Gasteiger partial charge in [0, 0.05) is 18.4 Å². The average molecular weight is 412 g/mol. The molecule has 0 fully saturated rings. The minimum atomic E-state index is -4.51. The maximum atomic E-state index is 12.9.